The topological polar surface area (TPSA) is 102 Å². The summed E-state index contributed by atoms with van der Waals surface area (Å²) < 4.78 is 15.9. The van der Waals surface area contributed by atoms with E-state index in [4.69, 9.17) is 14.2 Å². The predicted molar refractivity (Wildman–Crippen MR) is 111 cm³/mol. The van der Waals surface area contributed by atoms with Crippen molar-refractivity contribution in [2.75, 3.05) is 14.2 Å². The highest BCUT2D eigenvalue weighted by Crippen LogP contribution is 2.38. The molecule has 30 heavy (non-hydrogen) atoms. The molecule has 3 rings (SSSR count). The number of hydrogen-bond acceptors (Lipinski definition) is 6. The maximum Gasteiger partial charge on any atom is 0.347 e. The summed E-state index contributed by atoms with van der Waals surface area (Å²) >= 11 is 0. The van der Waals surface area contributed by atoms with E-state index in [0.717, 1.165) is 5.56 Å². The highest BCUT2D eigenvalue weighted by atomic mass is 16.5. The summed E-state index contributed by atoms with van der Waals surface area (Å²) in [5, 5.41) is 19.3. The number of allylic oxidation sites excluding steroid dienone is 1. The fraction of sp³-hybridized carbons (Fsp3) is 0.304. The number of carbonyl (C=O) groups is 2. The Morgan fingerprint density at radius 1 is 1.07 bits per heavy atom. The third kappa shape index (κ3) is 4.10. The van der Waals surface area contributed by atoms with E-state index < -0.39 is 11.6 Å². The summed E-state index contributed by atoms with van der Waals surface area (Å²) in [6.45, 7) is 2.95. The number of benzene rings is 2. The number of rotatable bonds is 6. The van der Waals surface area contributed by atoms with Gasteiger partial charge in [0.15, 0.2) is 22.9 Å². The van der Waals surface area contributed by atoms with Gasteiger partial charge in [-0.3, -0.25) is 4.79 Å². The molecule has 0 saturated carbocycles. The normalized spacial score (nSPS) is 14.9. The van der Waals surface area contributed by atoms with Gasteiger partial charge in [-0.15, -0.1) is 0 Å². The van der Waals surface area contributed by atoms with Gasteiger partial charge in [0.1, 0.15) is 5.75 Å². The second kappa shape index (κ2) is 8.10. The minimum absolute atomic E-state index is 0.0979. The molecule has 0 saturated heterocycles. The van der Waals surface area contributed by atoms with E-state index in [1.54, 1.807) is 36.4 Å². The lowest BCUT2D eigenvalue weighted by atomic mass is 9.86. The monoisotopic (exact) mass is 412 g/mol. The summed E-state index contributed by atoms with van der Waals surface area (Å²) in [5.41, 5.74) is 1.31. The zero-order valence-electron chi connectivity index (χ0n) is 17.3. The third-order valence-corrected chi connectivity index (χ3v) is 5.01. The van der Waals surface area contributed by atoms with Crippen LogP contribution in [0.1, 0.15) is 41.8 Å². The smallest absolute Gasteiger partial charge is 0.347 e. The molecule has 0 aromatic heterocycles. The lowest BCUT2D eigenvalue weighted by Gasteiger charge is -2.24. The predicted octanol–water partition coefficient (Wildman–Crippen LogP) is 3.86. The van der Waals surface area contributed by atoms with Crippen LogP contribution in [0.3, 0.4) is 0 Å². The molecule has 0 spiro atoms. The first kappa shape index (κ1) is 21.2. The molecule has 0 heterocycles. The number of carboxylic acid groups (broad SMARTS) is 1. The van der Waals surface area contributed by atoms with E-state index in [1.165, 1.54) is 28.1 Å². The van der Waals surface area contributed by atoms with Crippen LogP contribution < -0.4 is 14.2 Å². The molecular formula is C23H24O7. The molecule has 1 aliphatic carbocycles. The number of Topliss-reactive ketones (excluding diaryl/α,β-unsaturated/α-hetero) is 1. The molecule has 0 amide bonds. The van der Waals surface area contributed by atoms with Crippen LogP contribution in [0.2, 0.25) is 0 Å². The van der Waals surface area contributed by atoms with Gasteiger partial charge in [-0.2, -0.15) is 0 Å². The summed E-state index contributed by atoms with van der Waals surface area (Å²) in [4.78, 5) is 24.3. The molecule has 158 valence electrons. The molecule has 2 aromatic carbocycles. The molecule has 0 atom stereocenters. The molecule has 2 aromatic rings. The fourth-order valence-corrected chi connectivity index (χ4v) is 3.29. The average Bonchev–Trinajstić information content (AvgIpc) is 2.70. The quantitative estimate of drug-likeness (QED) is 0.695. The van der Waals surface area contributed by atoms with E-state index in [-0.39, 0.29) is 23.0 Å². The van der Waals surface area contributed by atoms with Crippen molar-refractivity contribution in [1.29, 1.82) is 0 Å². The number of ketones is 1. The Bertz CT molecular complexity index is 1010. The molecule has 0 radical (unpaired) electrons. The zero-order chi connectivity index (χ0) is 22.1. The van der Waals surface area contributed by atoms with Gasteiger partial charge in [0.25, 0.3) is 0 Å². The zero-order valence-corrected chi connectivity index (χ0v) is 17.3. The maximum atomic E-state index is 13.0. The van der Waals surface area contributed by atoms with Crippen molar-refractivity contribution in [2.45, 2.75) is 32.3 Å². The lowest BCUT2D eigenvalue weighted by molar-refractivity contribution is -0.152. The highest BCUT2D eigenvalue weighted by molar-refractivity contribution is 6.13. The largest absolute Gasteiger partial charge is 0.502 e. The van der Waals surface area contributed by atoms with Crippen molar-refractivity contribution in [3.63, 3.8) is 0 Å². The molecular weight excluding hydrogens is 388 g/mol. The average molecular weight is 412 g/mol. The Labute approximate surface area is 174 Å². The number of aliphatic carboxylic acids is 1. The van der Waals surface area contributed by atoms with Crippen LogP contribution in [0.4, 0.5) is 0 Å². The second-order valence-electron chi connectivity index (χ2n) is 7.51. The number of aromatic hydroxyl groups is 1. The van der Waals surface area contributed by atoms with Gasteiger partial charge in [0.2, 0.25) is 5.75 Å². The molecule has 0 unspecified atom stereocenters. The van der Waals surface area contributed by atoms with Gasteiger partial charge in [-0.25, -0.2) is 4.79 Å². The van der Waals surface area contributed by atoms with Crippen LogP contribution in [0.25, 0.3) is 6.08 Å². The van der Waals surface area contributed by atoms with E-state index in [9.17, 15) is 19.8 Å². The summed E-state index contributed by atoms with van der Waals surface area (Å²) in [5.74, 6) is -0.346. The van der Waals surface area contributed by atoms with Gasteiger partial charge < -0.3 is 24.4 Å². The number of carboxylic acids is 1. The van der Waals surface area contributed by atoms with E-state index in [2.05, 4.69) is 0 Å². The summed E-state index contributed by atoms with van der Waals surface area (Å²) in [7, 11) is 2.89. The van der Waals surface area contributed by atoms with Crippen LogP contribution in [-0.4, -0.2) is 41.8 Å². The Morgan fingerprint density at radius 3 is 2.27 bits per heavy atom. The summed E-state index contributed by atoms with van der Waals surface area (Å²) in [6.07, 6.45) is 2.89. The first-order chi connectivity index (χ1) is 14.2. The summed E-state index contributed by atoms with van der Waals surface area (Å²) in [6, 6.07) is 8.27. The second-order valence-corrected chi connectivity index (χ2v) is 7.51. The molecule has 0 aliphatic heterocycles. The molecule has 1 aliphatic rings. The number of hydrogen-bond donors (Lipinski definition) is 2. The van der Waals surface area contributed by atoms with Crippen molar-refractivity contribution in [2.24, 2.45) is 0 Å². The Balaban J connectivity index is 1.90. The number of ether oxygens (including phenoxy) is 3. The number of fused-ring (bicyclic) bond motifs is 1. The molecule has 7 heteroatoms. The lowest BCUT2D eigenvalue weighted by Crippen LogP contribution is -2.37. The first-order valence-electron chi connectivity index (χ1n) is 9.42. The van der Waals surface area contributed by atoms with Gasteiger partial charge in [-0.1, -0.05) is 0 Å². The Hall–Kier alpha value is -3.48. The van der Waals surface area contributed by atoms with E-state index in [1.807, 2.05) is 0 Å². The molecule has 2 N–H and O–H groups in total. The van der Waals surface area contributed by atoms with Crippen LogP contribution >= 0.6 is 0 Å². The SMILES string of the molecule is COc1cc(/C=C2/CCc3cc(OC(C)(C)C(=O)O)ccc3C2=O)cc(OC)c1O. The van der Waals surface area contributed by atoms with Gasteiger partial charge in [0.05, 0.1) is 14.2 Å². The van der Waals surface area contributed by atoms with Crippen LogP contribution in [-0.2, 0) is 11.2 Å². The number of aryl methyl sites for hydroxylation is 1. The van der Waals surface area contributed by atoms with Gasteiger partial charge in [0, 0.05) is 11.1 Å². The van der Waals surface area contributed by atoms with Crippen molar-refractivity contribution >= 4 is 17.8 Å². The highest BCUT2D eigenvalue weighted by Gasteiger charge is 2.30. The van der Waals surface area contributed by atoms with E-state index >= 15 is 0 Å². The Kier molecular flexibility index (Phi) is 5.73. The van der Waals surface area contributed by atoms with Crippen molar-refractivity contribution in [3.05, 3.63) is 52.6 Å². The minimum atomic E-state index is -1.37. The van der Waals surface area contributed by atoms with Crippen molar-refractivity contribution in [1.82, 2.24) is 0 Å². The van der Waals surface area contributed by atoms with Crippen molar-refractivity contribution < 1.29 is 34.0 Å². The van der Waals surface area contributed by atoms with Crippen LogP contribution in [0, 0.1) is 0 Å². The molecule has 0 bridgehead atoms. The fourth-order valence-electron chi connectivity index (χ4n) is 3.29. The maximum absolute atomic E-state index is 13.0. The number of methoxy groups -OCH3 is 2. The molecule has 0 fully saturated rings. The minimum Gasteiger partial charge on any atom is -0.502 e. The first-order valence-corrected chi connectivity index (χ1v) is 9.42. The molecule has 7 nitrogen and oxygen atoms in total. The van der Waals surface area contributed by atoms with Gasteiger partial charge >= 0.3 is 5.97 Å². The van der Waals surface area contributed by atoms with Gasteiger partial charge in [-0.05, 0) is 74.2 Å². The van der Waals surface area contributed by atoms with Crippen LogP contribution in [0.5, 0.6) is 23.0 Å². The standard InChI is InChI=1S/C23H24O7/c1-23(2,22(26)27)30-16-7-8-17-14(12-16)5-6-15(20(17)24)9-13-10-18(28-3)21(25)19(11-13)29-4/h7-12,25H,5-6H2,1-4H3,(H,26,27)/b15-9-. The number of phenolic OH excluding ortho intramolecular Hbond substituents is 1. The number of carbonyl (C=O) groups excluding carboxylic acids is 1. The third-order valence-electron chi connectivity index (χ3n) is 5.01. The van der Waals surface area contributed by atoms with E-state index in [0.29, 0.717) is 35.3 Å². The van der Waals surface area contributed by atoms with Crippen LogP contribution in [0.15, 0.2) is 35.9 Å². The Morgan fingerprint density at radius 2 is 1.70 bits per heavy atom. The number of phenols is 1. The van der Waals surface area contributed by atoms with Crippen molar-refractivity contribution in [3.8, 4) is 23.0 Å².